The molecule has 41 heavy (non-hydrogen) atoms. The largest absolute Gasteiger partial charge is 0.357 e. The van der Waals surface area contributed by atoms with Gasteiger partial charge in [-0.3, -0.25) is 13.9 Å². The molecule has 0 spiro atoms. The molecule has 0 aromatic heterocycles. The molecule has 1 N–H and O–H groups in total. The Balaban J connectivity index is 1.42. The van der Waals surface area contributed by atoms with Crippen molar-refractivity contribution in [3.05, 3.63) is 63.6 Å². The lowest BCUT2D eigenvalue weighted by molar-refractivity contribution is -0.140. The van der Waals surface area contributed by atoms with Crippen molar-refractivity contribution in [3.8, 4) is 0 Å². The minimum Gasteiger partial charge on any atom is -0.357 e. The van der Waals surface area contributed by atoms with E-state index in [0.29, 0.717) is 27.7 Å². The summed E-state index contributed by atoms with van der Waals surface area (Å²) >= 11 is 12.8. The number of likely N-dealkylation sites (N-methyl/N-ethyl adjacent to an activating group) is 1. The Bertz CT molecular complexity index is 1360. The number of hydrogen-bond acceptors (Lipinski definition) is 4. The van der Waals surface area contributed by atoms with Crippen molar-refractivity contribution in [2.24, 2.45) is 17.8 Å². The van der Waals surface area contributed by atoms with Gasteiger partial charge in [0.1, 0.15) is 12.6 Å². The number of sulfonamides is 1. The van der Waals surface area contributed by atoms with E-state index in [9.17, 15) is 18.0 Å². The molecule has 4 saturated carbocycles. The summed E-state index contributed by atoms with van der Waals surface area (Å²) in [5, 5.41) is 3.34. The van der Waals surface area contributed by atoms with E-state index in [-0.39, 0.29) is 17.9 Å². The number of carbonyl (C=O) groups is 2. The van der Waals surface area contributed by atoms with E-state index in [1.165, 1.54) is 56.0 Å². The zero-order valence-corrected chi connectivity index (χ0v) is 26.2. The summed E-state index contributed by atoms with van der Waals surface area (Å²) in [7, 11) is -2.31. The lowest BCUT2D eigenvalue weighted by Crippen LogP contribution is -2.51. The van der Waals surface area contributed by atoms with Gasteiger partial charge in [-0.25, -0.2) is 8.42 Å². The predicted octanol–water partition coefficient (Wildman–Crippen LogP) is 5.78. The number of rotatable bonds is 10. The zero-order chi connectivity index (χ0) is 29.5. The highest BCUT2D eigenvalue weighted by Crippen LogP contribution is 2.60. The van der Waals surface area contributed by atoms with Gasteiger partial charge < -0.3 is 10.2 Å². The molecule has 1 unspecified atom stereocenters. The molecule has 10 heteroatoms. The quantitative estimate of drug-likeness (QED) is 0.365. The van der Waals surface area contributed by atoms with Gasteiger partial charge in [-0.1, -0.05) is 48.3 Å². The molecule has 2 aromatic carbocycles. The van der Waals surface area contributed by atoms with E-state index < -0.39 is 28.5 Å². The fourth-order valence-electron chi connectivity index (χ4n) is 8.00. The van der Waals surface area contributed by atoms with Crippen LogP contribution in [-0.2, 0) is 31.6 Å². The molecular formula is C31H39Cl2N3O4S. The van der Waals surface area contributed by atoms with Crippen LogP contribution in [0.5, 0.6) is 0 Å². The number of nitrogens with one attached hydrogen (secondary N) is 1. The number of carbonyl (C=O) groups excluding carboxylic acids is 2. The first-order chi connectivity index (χ1) is 19.4. The number of halogens is 2. The second-order valence-electron chi connectivity index (χ2n) is 12.3. The molecule has 4 fully saturated rings. The summed E-state index contributed by atoms with van der Waals surface area (Å²) in [6.45, 7) is 1.31. The maximum Gasteiger partial charge on any atom is 0.244 e. The van der Waals surface area contributed by atoms with Gasteiger partial charge in [-0.15, -0.1) is 0 Å². The van der Waals surface area contributed by atoms with Gasteiger partial charge in [0.25, 0.3) is 0 Å². The highest BCUT2D eigenvalue weighted by atomic mass is 35.5. The summed E-state index contributed by atoms with van der Waals surface area (Å²) in [5.74, 6) is 1.53. The topological polar surface area (TPSA) is 86.8 Å². The second kappa shape index (κ2) is 11.8. The molecule has 6 rings (SSSR count). The number of benzene rings is 2. The first-order valence-corrected chi connectivity index (χ1v) is 17.1. The monoisotopic (exact) mass is 619 g/mol. The fourth-order valence-corrected chi connectivity index (χ4v) is 9.37. The van der Waals surface area contributed by atoms with Crippen LogP contribution in [-0.4, -0.2) is 51.0 Å². The van der Waals surface area contributed by atoms with Gasteiger partial charge in [0, 0.05) is 29.2 Å². The molecule has 0 saturated heterocycles. The fraction of sp³-hybridized carbons (Fsp3) is 0.548. The van der Waals surface area contributed by atoms with Crippen LogP contribution >= 0.6 is 23.2 Å². The van der Waals surface area contributed by atoms with Crippen LogP contribution in [0.3, 0.4) is 0 Å². The Morgan fingerprint density at radius 3 is 1.98 bits per heavy atom. The lowest BCUT2D eigenvalue weighted by atomic mass is 9.48. The normalized spacial score (nSPS) is 25.5. The molecule has 7 nitrogen and oxygen atoms in total. The second-order valence-corrected chi connectivity index (χ2v) is 15.0. The third-order valence-corrected chi connectivity index (χ3v) is 11.4. The zero-order valence-electron chi connectivity index (χ0n) is 23.9. The number of hydrogen-bond donors (Lipinski definition) is 1. The number of amides is 2. The smallest absolute Gasteiger partial charge is 0.244 e. The molecule has 2 aromatic rings. The van der Waals surface area contributed by atoms with Gasteiger partial charge >= 0.3 is 0 Å². The van der Waals surface area contributed by atoms with Gasteiger partial charge in [0.15, 0.2) is 0 Å². The molecule has 0 aliphatic heterocycles. The van der Waals surface area contributed by atoms with Crippen LogP contribution in [0.25, 0.3) is 0 Å². The summed E-state index contributed by atoms with van der Waals surface area (Å²) in [6.07, 6.45) is 9.12. The molecule has 222 valence electrons. The van der Waals surface area contributed by atoms with Crippen molar-refractivity contribution in [2.75, 3.05) is 24.2 Å². The van der Waals surface area contributed by atoms with Crippen LogP contribution in [0, 0.1) is 17.8 Å². The minimum absolute atomic E-state index is 0.0359. The number of nitrogens with zero attached hydrogens (tertiary/aromatic N) is 2. The van der Waals surface area contributed by atoms with Crippen molar-refractivity contribution in [3.63, 3.8) is 0 Å². The van der Waals surface area contributed by atoms with Gasteiger partial charge in [0.05, 0.1) is 11.9 Å². The maximum atomic E-state index is 13.9. The maximum absolute atomic E-state index is 13.9. The number of anilines is 1. The molecule has 0 radical (unpaired) electrons. The lowest BCUT2D eigenvalue weighted by Gasteiger charge is -2.57. The average Bonchev–Trinajstić information content (AvgIpc) is 2.91. The van der Waals surface area contributed by atoms with E-state index in [4.69, 9.17) is 23.2 Å². The third kappa shape index (κ3) is 6.11. The van der Waals surface area contributed by atoms with Crippen LogP contribution in [0.1, 0.15) is 63.0 Å². The Hall–Kier alpha value is -2.29. The van der Waals surface area contributed by atoms with Crippen LogP contribution in [0.4, 0.5) is 5.69 Å². The van der Waals surface area contributed by atoms with E-state index in [0.717, 1.165) is 28.3 Å². The third-order valence-electron chi connectivity index (χ3n) is 9.51. The van der Waals surface area contributed by atoms with Crippen molar-refractivity contribution >= 4 is 50.7 Å². The standard InChI is InChI=1S/C31H39Cl2N3O4S/c1-4-28(30(38)34-2)35(18-25-26(32)6-5-7-27(25)33)29(37)19-36(41(3,39)40)24-10-8-23(9-11-24)31-15-20-12-21(16-31)14-22(13-20)17-31/h5-11,20-22,28H,4,12-19H2,1-3H3,(H,34,38). The Kier molecular flexibility index (Phi) is 8.66. The molecule has 1 atom stereocenters. The molecule has 2 amide bonds. The van der Waals surface area contributed by atoms with E-state index >= 15 is 0 Å². The van der Waals surface area contributed by atoms with Crippen LogP contribution < -0.4 is 9.62 Å². The summed E-state index contributed by atoms with van der Waals surface area (Å²) in [4.78, 5) is 28.0. The Morgan fingerprint density at radius 1 is 0.976 bits per heavy atom. The SMILES string of the molecule is CCC(C(=O)NC)N(Cc1c(Cl)cccc1Cl)C(=O)CN(c1ccc(C23CC4CC(CC(C4)C2)C3)cc1)S(C)(=O)=O. The van der Waals surface area contributed by atoms with Gasteiger partial charge in [-0.05, 0) is 97.9 Å². The summed E-state index contributed by atoms with van der Waals surface area (Å²) in [5.41, 5.74) is 2.39. The van der Waals surface area contributed by atoms with Gasteiger partial charge in [0.2, 0.25) is 21.8 Å². The first-order valence-electron chi connectivity index (χ1n) is 14.5. The predicted molar refractivity (Wildman–Crippen MR) is 164 cm³/mol. The summed E-state index contributed by atoms with van der Waals surface area (Å²) < 4.78 is 27.2. The Morgan fingerprint density at radius 2 is 1.51 bits per heavy atom. The molecule has 4 aliphatic rings. The van der Waals surface area contributed by atoms with Crippen molar-refractivity contribution in [2.45, 2.75) is 69.9 Å². The van der Waals surface area contributed by atoms with Crippen molar-refractivity contribution in [1.82, 2.24) is 10.2 Å². The molecule has 4 bridgehead atoms. The molecule has 0 heterocycles. The van der Waals surface area contributed by atoms with Crippen LogP contribution in [0.15, 0.2) is 42.5 Å². The minimum atomic E-state index is -3.82. The first kappa shape index (κ1) is 30.2. The van der Waals surface area contributed by atoms with E-state index in [1.54, 1.807) is 25.1 Å². The molecular weight excluding hydrogens is 581 g/mol. The highest BCUT2D eigenvalue weighted by molar-refractivity contribution is 7.92. The summed E-state index contributed by atoms with van der Waals surface area (Å²) in [6, 6.07) is 12.0. The molecule has 4 aliphatic carbocycles. The Labute approximate surface area is 253 Å². The van der Waals surface area contributed by atoms with E-state index in [1.807, 2.05) is 12.1 Å². The van der Waals surface area contributed by atoms with Crippen molar-refractivity contribution < 1.29 is 18.0 Å². The van der Waals surface area contributed by atoms with Crippen LogP contribution in [0.2, 0.25) is 10.0 Å². The highest BCUT2D eigenvalue weighted by Gasteiger charge is 2.51. The van der Waals surface area contributed by atoms with Gasteiger partial charge in [-0.2, -0.15) is 0 Å². The average molecular weight is 621 g/mol. The van der Waals surface area contributed by atoms with E-state index in [2.05, 4.69) is 17.4 Å². The van der Waals surface area contributed by atoms with Crippen molar-refractivity contribution in [1.29, 1.82) is 0 Å².